The predicted octanol–water partition coefficient (Wildman–Crippen LogP) is 3.39. The van der Waals surface area contributed by atoms with Gasteiger partial charge in [-0.3, -0.25) is 0 Å². The lowest BCUT2D eigenvalue weighted by atomic mass is 9.94. The second kappa shape index (κ2) is 3.87. The van der Waals surface area contributed by atoms with Crippen LogP contribution in [0, 0.1) is 5.92 Å². The van der Waals surface area contributed by atoms with Crippen LogP contribution in [0.4, 0.5) is 0 Å². The fraction of sp³-hybridized carbons (Fsp3) is 0.385. The van der Waals surface area contributed by atoms with Crippen LogP contribution in [0.2, 0.25) is 0 Å². The second-order valence-electron chi connectivity index (χ2n) is 4.20. The van der Waals surface area contributed by atoms with Gasteiger partial charge in [-0.1, -0.05) is 32.0 Å². The van der Waals surface area contributed by atoms with Crippen LogP contribution >= 0.6 is 0 Å². The lowest BCUT2D eigenvalue weighted by molar-refractivity contribution is 0.234. The standard InChI is InChI=1S/C13H16O/c1-10(2)8-11-4-3-5-12-9-14-7-6-13(11)12/h3-7,10H,8-9H2,1-2H3. The van der Waals surface area contributed by atoms with Crippen LogP contribution in [0.25, 0.3) is 6.08 Å². The van der Waals surface area contributed by atoms with Crippen LogP contribution in [0.5, 0.6) is 0 Å². The summed E-state index contributed by atoms with van der Waals surface area (Å²) in [5, 5.41) is 0. The highest BCUT2D eigenvalue weighted by Crippen LogP contribution is 2.23. The smallest absolute Gasteiger partial charge is 0.113 e. The molecular weight excluding hydrogens is 172 g/mol. The quantitative estimate of drug-likeness (QED) is 0.691. The highest BCUT2D eigenvalue weighted by Gasteiger charge is 2.09. The van der Waals surface area contributed by atoms with Gasteiger partial charge in [0.1, 0.15) is 6.61 Å². The zero-order valence-electron chi connectivity index (χ0n) is 8.79. The average molecular weight is 188 g/mol. The number of rotatable bonds is 2. The number of benzene rings is 1. The van der Waals surface area contributed by atoms with Crippen molar-refractivity contribution in [2.45, 2.75) is 26.9 Å². The first-order valence-electron chi connectivity index (χ1n) is 5.16. The summed E-state index contributed by atoms with van der Waals surface area (Å²) in [5.74, 6) is 0.706. The Kier molecular flexibility index (Phi) is 2.58. The van der Waals surface area contributed by atoms with E-state index >= 15 is 0 Å². The SMILES string of the molecule is CC(C)Cc1cccc2c1C=COC2. The van der Waals surface area contributed by atoms with Gasteiger partial charge >= 0.3 is 0 Å². The molecule has 0 fully saturated rings. The Morgan fingerprint density at radius 2 is 2.21 bits per heavy atom. The first-order chi connectivity index (χ1) is 6.77. The predicted molar refractivity (Wildman–Crippen MR) is 58.8 cm³/mol. The van der Waals surface area contributed by atoms with E-state index in [0.717, 1.165) is 13.0 Å². The van der Waals surface area contributed by atoms with Gasteiger partial charge in [0.2, 0.25) is 0 Å². The average Bonchev–Trinajstić information content (AvgIpc) is 2.18. The van der Waals surface area contributed by atoms with Gasteiger partial charge < -0.3 is 4.74 Å². The number of hydrogen-bond donors (Lipinski definition) is 0. The lowest BCUT2D eigenvalue weighted by Gasteiger charge is -2.16. The minimum absolute atomic E-state index is 0.706. The van der Waals surface area contributed by atoms with Crippen molar-refractivity contribution in [1.82, 2.24) is 0 Å². The molecule has 0 aromatic heterocycles. The van der Waals surface area contributed by atoms with Gasteiger partial charge in [-0.05, 0) is 35.1 Å². The fourth-order valence-electron chi connectivity index (χ4n) is 1.88. The summed E-state index contributed by atoms with van der Waals surface area (Å²) in [5.41, 5.74) is 4.12. The summed E-state index contributed by atoms with van der Waals surface area (Å²) < 4.78 is 5.28. The van der Waals surface area contributed by atoms with Crippen molar-refractivity contribution in [2.75, 3.05) is 0 Å². The van der Waals surface area contributed by atoms with E-state index in [0.29, 0.717) is 5.92 Å². The maximum atomic E-state index is 5.28. The molecule has 1 aliphatic rings. The van der Waals surface area contributed by atoms with Gasteiger partial charge in [0.15, 0.2) is 0 Å². The van der Waals surface area contributed by atoms with Crippen LogP contribution in [0.3, 0.4) is 0 Å². The van der Waals surface area contributed by atoms with E-state index in [9.17, 15) is 0 Å². The molecule has 0 saturated carbocycles. The van der Waals surface area contributed by atoms with Gasteiger partial charge in [0, 0.05) is 0 Å². The molecule has 0 unspecified atom stereocenters. The maximum Gasteiger partial charge on any atom is 0.113 e. The van der Waals surface area contributed by atoms with E-state index < -0.39 is 0 Å². The minimum Gasteiger partial charge on any atom is -0.496 e. The Labute approximate surface area is 85.4 Å². The van der Waals surface area contributed by atoms with Crippen LogP contribution in [-0.4, -0.2) is 0 Å². The van der Waals surface area contributed by atoms with Crippen LogP contribution in [0.1, 0.15) is 30.5 Å². The van der Waals surface area contributed by atoms with Gasteiger partial charge in [0.25, 0.3) is 0 Å². The summed E-state index contributed by atoms with van der Waals surface area (Å²) in [7, 11) is 0. The monoisotopic (exact) mass is 188 g/mol. The van der Waals surface area contributed by atoms with Crippen molar-refractivity contribution in [1.29, 1.82) is 0 Å². The third-order valence-electron chi connectivity index (χ3n) is 2.48. The van der Waals surface area contributed by atoms with Crippen molar-refractivity contribution >= 4 is 6.08 Å². The fourth-order valence-corrected chi connectivity index (χ4v) is 1.88. The molecular formula is C13H16O. The van der Waals surface area contributed by atoms with Gasteiger partial charge in [-0.25, -0.2) is 0 Å². The Morgan fingerprint density at radius 1 is 1.36 bits per heavy atom. The molecule has 1 aliphatic heterocycles. The van der Waals surface area contributed by atoms with E-state index in [1.54, 1.807) is 6.26 Å². The molecule has 1 heterocycles. The molecule has 0 amide bonds. The first kappa shape index (κ1) is 9.32. The zero-order valence-corrected chi connectivity index (χ0v) is 8.79. The van der Waals surface area contributed by atoms with E-state index in [4.69, 9.17) is 4.74 Å². The molecule has 0 saturated heterocycles. The zero-order chi connectivity index (χ0) is 9.97. The molecule has 0 spiro atoms. The number of hydrogen-bond acceptors (Lipinski definition) is 1. The van der Waals surface area contributed by atoms with E-state index in [1.807, 2.05) is 0 Å². The van der Waals surface area contributed by atoms with Crippen LogP contribution in [0.15, 0.2) is 24.5 Å². The largest absolute Gasteiger partial charge is 0.496 e. The van der Waals surface area contributed by atoms with Gasteiger partial charge in [-0.15, -0.1) is 0 Å². The molecule has 2 rings (SSSR count). The van der Waals surface area contributed by atoms with Gasteiger partial charge in [-0.2, -0.15) is 0 Å². The van der Waals surface area contributed by atoms with E-state index in [1.165, 1.54) is 16.7 Å². The maximum absolute atomic E-state index is 5.28. The Hall–Kier alpha value is -1.24. The summed E-state index contributed by atoms with van der Waals surface area (Å²) in [6, 6.07) is 6.48. The molecule has 0 N–H and O–H groups in total. The van der Waals surface area contributed by atoms with Crippen LogP contribution < -0.4 is 0 Å². The van der Waals surface area contributed by atoms with Crippen molar-refractivity contribution in [2.24, 2.45) is 5.92 Å². The molecule has 0 atom stereocenters. The summed E-state index contributed by atoms with van der Waals surface area (Å²) in [6.07, 6.45) is 5.02. The lowest BCUT2D eigenvalue weighted by Crippen LogP contribution is -2.03. The Bertz CT molecular complexity index is 350. The number of fused-ring (bicyclic) bond motifs is 1. The highest BCUT2D eigenvalue weighted by molar-refractivity contribution is 5.58. The van der Waals surface area contributed by atoms with Crippen molar-refractivity contribution in [3.05, 3.63) is 41.2 Å². The Balaban J connectivity index is 2.37. The highest BCUT2D eigenvalue weighted by atomic mass is 16.5. The first-order valence-corrected chi connectivity index (χ1v) is 5.16. The number of ether oxygens (including phenoxy) is 1. The molecule has 0 radical (unpaired) electrons. The normalized spacial score (nSPS) is 13.9. The molecule has 1 aromatic carbocycles. The van der Waals surface area contributed by atoms with Gasteiger partial charge in [0.05, 0.1) is 6.26 Å². The Morgan fingerprint density at radius 3 is 3.00 bits per heavy atom. The van der Waals surface area contributed by atoms with E-state index in [-0.39, 0.29) is 0 Å². The summed E-state index contributed by atoms with van der Waals surface area (Å²) in [6.45, 7) is 5.22. The summed E-state index contributed by atoms with van der Waals surface area (Å²) >= 11 is 0. The molecule has 1 heteroatoms. The molecule has 1 nitrogen and oxygen atoms in total. The third-order valence-corrected chi connectivity index (χ3v) is 2.48. The molecule has 0 aliphatic carbocycles. The van der Waals surface area contributed by atoms with Crippen molar-refractivity contribution in [3.8, 4) is 0 Å². The van der Waals surface area contributed by atoms with E-state index in [2.05, 4.69) is 38.1 Å². The summed E-state index contributed by atoms with van der Waals surface area (Å²) in [4.78, 5) is 0. The second-order valence-corrected chi connectivity index (χ2v) is 4.20. The molecule has 74 valence electrons. The van der Waals surface area contributed by atoms with Crippen molar-refractivity contribution < 1.29 is 4.74 Å². The van der Waals surface area contributed by atoms with Crippen molar-refractivity contribution in [3.63, 3.8) is 0 Å². The molecule has 0 bridgehead atoms. The molecule has 1 aromatic rings. The minimum atomic E-state index is 0.706. The third kappa shape index (κ3) is 1.82. The van der Waals surface area contributed by atoms with Crippen LogP contribution in [-0.2, 0) is 17.8 Å². The topological polar surface area (TPSA) is 9.23 Å². The molecule has 14 heavy (non-hydrogen) atoms.